The van der Waals surface area contributed by atoms with Crippen LogP contribution in [0.2, 0.25) is 0 Å². The molecule has 0 aromatic rings. The number of rotatable bonds is 0. The fraction of sp³-hybridized carbons (Fsp3) is 1.00. The molecule has 2 heteroatoms. The number of fused-ring (bicyclic) bond motifs is 3. The summed E-state index contributed by atoms with van der Waals surface area (Å²) >= 11 is 0. The van der Waals surface area contributed by atoms with Gasteiger partial charge in [0.05, 0.1) is 0 Å². The van der Waals surface area contributed by atoms with Gasteiger partial charge in [-0.05, 0) is 48.3 Å². The minimum Gasteiger partial charge on any atom is -0.365 e. The van der Waals surface area contributed by atoms with E-state index in [2.05, 4.69) is 20.8 Å². The molecule has 2 nitrogen and oxygen atoms in total. The molecular weight excluding hydrogens is 200 g/mol. The van der Waals surface area contributed by atoms with Crippen molar-refractivity contribution >= 4 is 0 Å². The van der Waals surface area contributed by atoms with Crippen LogP contribution in [0.1, 0.15) is 46.5 Å². The summed E-state index contributed by atoms with van der Waals surface area (Å²) in [4.78, 5) is 0. The highest BCUT2D eigenvalue weighted by atomic mass is 16.5. The van der Waals surface area contributed by atoms with Crippen LogP contribution in [0.15, 0.2) is 0 Å². The zero-order chi connectivity index (χ0) is 11.7. The van der Waals surface area contributed by atoms with Gasteiger partial charge in [-0.15, -0.1) is 0 Å². The summed E-state index contributed by atoms with van der Waals surface area (Å²) in [7, 11) is 0. The van der Waals surface area contributed by atoms with Crippen molar-refractivity contribution in [3.63, 3.8) is 0 Å². The van der Waals surface area contributed by atoms with Crippen molar-refractivity contribution in [1.82, 2.24) is 0 Å². The van der Waals surface area contributed by atoms with Gasteiger partial charge in [-0.2, -0.15) is 0 Å². The Morgan fingerprint density at radius 3 is 2.38 bits per heavy atom. The second kappa shape index (κ2) is 3.02. The number of hydrogen-bond acceptors (Lipinski definition) is 2. The second-order valence-corrected chi connectivity index (χ2v) is 7.11. The zero-order valence-corrected chi connectivity index (χ0v) is 10.6. The van der Waals surface area contributed by atoms with E-state index in [0.717, 1.165) is 24.7 Å². The van der Waals surface area contributed by atoms with Gasteiger partial charge in [0.15, 0.2) is 5.79 Å². The van der Waals surface area contributed by atoms with Gasteiger partial charge in [0.1, 0.15) is 0 Å². The second-order valence-electron chi connectivity index (χ2n) is 7.11. The Balaban J connectivity index is 1.94. The fourth-order valence-electron chi connectivity index (χ4n) is 5.02. The van der Waals surface area contributed by atoms with Crippen LogP contribution in [0, 0.1) is 35.0 Å². The van der Waals surface area contributed by atoms with Crippen LogP contribution in [-0.2, 0) is 0 Å². The molecule has 0 aromatic heterocycles. The minimum absolute atomic E-state index is 0.138. The fourth-order valence-corrected chi connectivity index (χ4v) is 5.02. The van der Waals surface area contributed by atoms with Gasteiger partial charge in [-0.25, -0.2) is 0 Å². The van der Waals surface area contributed by atoms with Crippen LogP contribution in [0.4, 0.5) is 0 Å². The molecular formula is C14H24O2. The summed E-state index contributed by atoms with van der Waals surface area (Å²) in [5.74, 6) is 1.48. The maximum atomic E-state index is 10.2. The standard InChI is InChI=1S/C14H24O2/c1-8-4-5-9-11(8)12-10(13(12,2)3)6-7-14(9,15)16/h8-12,15-16H,4-7H2,1-3H3. The SMILES string of the molecule is CC1CCC2C1C1C(CCC2(O)O)C1(C)C. The van der Waals surface area contributed by atoms with E-state index < -0.39 is 5.79 Å². The molecule has 0 saturated heterocycles. The first-order valence-electron chi connectivity index (χ1n) is 6.80. The predicted molar refractivity (Wildman–Crippen MR) is 62.5 cm³/mol. The van der Waals surface area contributed by atoms with Crippen molar-refractivity contribution in [2.45, 2.75) is 52.2 Å². The zero-order valence-electron chi connectivity index (χ0n) is 10.6. The Bertz CT molecular complexity index is 308. The van der Waals surface area contributed by atoms with E-state index >= 15 is 0 Å². The van der Waals surface area contributed by atoms with Gasteiger partial charge >= 0.3 is 0 Å². The highest BCUT2D eigenvalue weighted by molar-refractivity contribution is 5.14. The molecule has 16 heavy (non-hydrogen) atoms. The van der Waals surface area contributed by atoms with Gasteiger partial charge in [-0.3, -0.25) is 0 Å². The van der Waals surface area contributed by atoms with E-state index in [9.17, 15) is 10.2 Å². The monoisotopic (exact) mass is 224 g/mol. The molecule has 3 saturated carbocycles. The molecule has 5 unspecified atom stereocenters. The minimum atomic E-state index is -1.38. The normalized spacial score (nSPS) is 52.7. The molecule has 3 fully saturated rings. The lowest BCUT2D eigenvalue weighted by atomic mass is 9.79. The molecule has 0 amide bonds. The Hall–Kier alpha value is -0.0800. The molecule has 0 aliphatic heterocycles. The average molecular weight is 224 g/mol. The van der Waals surface area contributed by atoms with E-state index in [1.54, 1.807) is 0 Å². The predicted octanol–water partition coefficient (Wildman–Crippen LogP) is 2.40. The maximum absolute atomic E-state index is 10.2. The van der Waals surface area contributed by atoms with Crippen LogP contribution in [0.3, 0.4) is 0 Å². The average Bonchev–Trinajstić information content (AvgIpc) is 2.51. The Morgan fingerprint density at radius 1 is 1.00 bits per heavy atom. The van der Waals surface area contributed by atoms with Gasteiger partial charge < -0.3 is 10.2 Å². The third kappa shape index (κ3) is 1.26. The lowest BCUT2D eigenvalue weighted by molar-refractivity contribution is -0.213. The molecule has 2 N–H and O–H groups in total. The Labute approximate surface area is 98.1 Å². The topological polar surface area (TPSA) is 40.5 Å². The third-order valence-corrected chi connectivity index (χ3v) is 6.03. The van der Waals surface area contributed by atoms with Gasteiger partial charge in [0.2, 0.25) is 0 Å². The summed E-state index contributed by atoms with van der Waals surface area (Å²) in [5.41, 5.74) is 0.456. The van der Waals surface area contributed by atoms with Crippen molar-refractivity contribution in [2.75, 3.05) is 0 Å². The molecule has 0 spiro atoms. The number of aliphatic hydroxyl groups is 2. The first-order chi connectivity index (χ1) is 7.36. The Morgan fingerprint density at radius 2 is 1.69 bits per heavy atom. The molecule has 0 bridgehead atoms. The summed E-state index contributed by atoms with van der Waals surface area (Å²) in [6.07, 6.45) is 3.78. The largest absolute Gasteiger partial charge is 0.365 e. The lowest BCUT2D eigenvalue weighted by Crippen LogP contribution is -2.40. The number of hydrogen-bond donors (Lipinski definition) is 2. The van der Waals surface area contributed by atoms with Crippen LogP contribution in [0.5, 0.6) is 0 Å². The van der Waals surface area contributed by atoms with Crippen LogP contribution < -0.4 is 0 Å². The van der Waals surface area contributed by atoms with E-state index in [-0.39, 0.29) is 5.92 Å². The van der Waals surface area contributed by atoms with E-state index in [4.69, 9.17) is 0 Å². The third-order valence-electron chi connectivity index (χ3n) is 6.03. The first-order valence-corrected chi connectivity index (χ1v) is 6.80. The highest BCUT2D eigenvalue weighted by Crippen LogP contribution is 2.70. The highest BCUT2D eigenvalue weighted by Gasteiger charge is 2.67. The van der Waals surface area contributed by atoms with E-state index in [0.29, 0.717) is 23.7 Å². The molecule has 5 atom stereocenters. The molecule has 3 aliphatic carbocycles. The van der Waals surface area contributed by atoms with Crippen molar-refractivity contribution in [3.05, 3.63) is 0 Å². The van der Waals surface area contributed by atoms with Gasteiger partial charge in [0, 0.05) is 12.3 Å². The summed E-state index contributed by atoms with van der Waals surface area (Å²) < 4.78 is 0. The van der Waals surface area contributed by atoms with Gasteiger partial charge in [-0.1, -0.05) is 20.8 Å². The van der Waals surface area contributed by atoms with Crippen LogP contribution >= 0.6 is 0 Å². The van der Waals surface area contributed by atoms with Crippen molar-refractivity contribution in [3.8, 4) is 0 Å². The van der Waals surface area contributed by atoms with E-state index in [1.165, 1.54) is 6.42 Å². The van der Waals surface area contributed by atoms with Gasteiger partial charge in [0.25, 0.3) is 0 Å². The molecule has 0 radical (unpaired) electrons. The quantitative estimate of drug-likeness (QED) is 0.620. The molecule has 0 aromatic carbocycles. The summed E-state index contributed by atoms with van der Waals surface area (Å²) in [6, 6.07) is 0. The molecule has 3 rings (SSSR count). The van der Waals surface area contributed by atoms with E-state index in [1.807, 2.05) is 0 Å². The molecule has 3 aliphatic rings. The smallest absolute Gasteiger partial charge is 0.165 e. The first kappa shape index (κ1) is 11.0. The van der Waals surface area contributed by atoms with Crippen molar-refractivity contribution < 1.29 is 10.2 Å². The molecule has 92 valence electrons. The summed E-state index contributed by atoms with van der Waals surface area (Å²) in [5, 5.41) is 20.4. The Kier molecular flexibility index (Phi) is 2.09. The summed E-state index contributed by atoms with van der Waals surface area (Å²) in [6.45, 7) is 7.04. The molecule has 0 heterocycles. The van der Waals surface area contributed by atoms with Crippen LogP contribution in [-0.4, -0.2) is 16.0 Å². The maximum Gasteiger partial charge on any atom is 0.165 e. The van der Waals surface area contributed by atoms with Crippen LogP contribution in [0.25, 0.3) is 0 Å². The van der Waals surface area contributed by atoms with Crippen molar-refractivity contribution in [2.24, 2.45) is 35.0 Å². The lowest BCUT2D eigenvalue weighted by Gasteiger charge is -2.34. The van der Waals surface area contributed by atoms with Crippen molar-refractivity contribution in [1.29, 1.82) is 0 Å².